The molecule has 29 heavy (non-hydrogen) atoms. The number of hydrogen-bond acceptors (Lipinski definition) is 5. The molecule has 4 rings (SSSR count). The molecule has 148 valence electrons. The molecule has 0 bridgehead atoms. The summed E-state index contributed by atoms with van der Waals surface area (Å²) in [6.07, 6.45) is 0. The Morgan fingerprint density at radius 1 is 1.14 bits per heavy atom. The summed E-state index contributed by atoms with van der Waals surface area (Å²) < 4.78 is 12.3. The molecule has 3 aromatic rings. The summed E-state index contributed by atoms with van der Waals surface area (Å²) in [5.74, 6) is 0.846. The highest BCUT2D eigenvalue weighted by Crippen LogP contribution is 2.35. The number of rotatable bonds is 4. The van der Waals surface area contributed by atoms with Crippen LogP contribution in [0.5, 0.6) is 11.5 Å². The number of hydrogen-bond donors (Lipinski definition) is 0. The van der Waals surface area contributed by atoms with Gasteiger partial charge in [0.15, 0.2) is 17.3 Å². The summed E-state index contributed by atoms with van der Waals surface area (Å²) in [6, 6.07) is 12.3. The first-order chi connectivity index (χ1) is 13.9. The fraction of sp³-hybridized carbons (Fsp3) is 0.190. The van der Waals surface area contributed by atoms with Crippen LogP contribution < -0.4 is 14.4 Å². The predicted molar refractivity (Wildman–Crippen MR) is 109 cm³/mol. The molecule has 0 spiro atoms. The van der Waals surface area contributed by atoms with Crippen molar-refractivity contribution in [2.45, 2.75) is 13.8 Å². The van der Waals surface area contributed by atoms with E-state index in [4.69, 9.17) is 21.1 Å². The number of amides is 1. The Hall–Kier alpha value is -3.32. The van der Waals surface area contributed by atoms with E-state index in [2.05, 4.69) is 5.10 Å². The lowest BCUT2D eigenvalue weighted by atomic mass is 10.1. The largest absolute Gasteiger partial charge is 0.454 e. The molecule has 0 fully saturated rings. The summed E-state index contributed by atoms with van der Waals surface area (Å²) >= 11 is 6.24. The Bertz CT molecular complexity index is 1140. The van der Waals surface area contributed by atoms with Crippen LogP contribution in [0, 0.1) is 6.92 Å². The van der Waals surface area contributed by atoms with Crippen molar-refractivity contribution in [2.24, 2.45) is 0 Å². The van der Waals surface area contributed by atoms with E-state index in [0.29, 0.717) is 39.2 Å². The molecule has 0 unspecified atom stereocenters. The minimum absolute atomic E-state index is 0.173. The molecule has 0 aliphatic carbocycles. The van der Waals surface area contributed by atoms with Crippen LogP contribution in [-0.4, -0.2) is 35.3 Å². The monoisotopic (exact) mass is 411 g/mol. The standard InChI is InChI=1S/C21H18ClN3O4/c1-12-19(22)20(13(2)26)23-25(12)16-6-4-5-14(9-16)21(27)24(3)15-7-8-17-18(10-15)29-11-28-17/h4-10H,11H2,1-3H3. The Balaban J connectivity index is 1.66. The molecule has 2 heterocycles. The van der Waals surface area contributed by atoms with Crippen LogP contribution in [0.4, 0.5) is 5.69 Å². The topological polar surface area (TPSA) is 73.7 Å². The van der Waals surface area contributed by atoms with Gasteiger partial charge in [-0.1, -0.05) is 17.7 Å². The number of fused-ring (bicyclic) bond motifs is 1. The van der Waals surface area contributed by atoms with E-state index in [0.717, 1.165) is 0 Å². The zero-order valence-corrected chi connectivity index (χ0v) is 16.9. The highest BCUT2D eigenvalue weighted by atomic mass is 35.5. The summed E-state index contributed by atoms with van der Waals surface area (Å²) in [6.45, 7) is 3.36. The van der Waals surface area contributed by atoms with Gasteiger partial charge in [-0.25, -0.2) is 4.68 Å². The van der Waals surface area contributed by atoms with Crippen molar-refractivity contribution in [2.75, 3.05) is 18.7 Å². The number of halogens is 1. The van der Waals surface area contributed by atoms with E-state index in [1.54, 1.807) is 61.1 Å². The van der Waals surface area contributed by atoms with Gasteiger partial charge in [0.25, 0.3) is 5.91 Å². The Kier molecular flexibility index (Phi) is 4.76. The minimum Gasteiger partial charge on any atom is -0.454 e. The van der Waals surface area contributed by atoms with Gasteiger partial charge in [0.05, 0.1) is 16.4 Å². The van der Waals surface area contributed by atoms with E-state index >= 15 is 0 Å². The number of carbonyl (C=O) groups is 2. The maximum atomic E-state index is 13.0. The van der Waals surface area contributed by atoms with Gasteiger partial charge >= 0.3 is 0 Å². The Morgan fingerprint density at radius 3 is 2.62 bits per heavy atom. The second-order valence-electron chi connectivity index (χ2n) is 6.67. The molecule has 1 amide bonds. The number of nitrogens with zero attached hydrogens (tertiary/aromatic N) is 3. The van der Waals surface area contributed by atoms with E-state index in [9.17, 15) is 9.59 Å². The van der Waals surface area contributed by atoms with Crippen LogP contribution in [0.1, 0.15) is 33.5 Å². The molecule has 7 nitrogen and oxygen atoms in total. The summed E-state index contributed by atoms with van der Waals surface area (Å²) in [7, 11) is 1.69. The van der Waals surface area contributed by atoms with E-state index in [1.807, 2.05) is 0 Å². The first kappa shape index (κ1) is 19.0. The lowest BCUT2D eigenvalue weighted by Crippen LogP contribution is -2.26. The quantitative estimate of drug-likeness (QED) is 0.606. The molecule has 0 N–H and O–H groups in total. The van der Waals surface area contributed by atoms with Crippen molar-refractivity contribution < 1.29 is 19.1 Å². The van der Waals surface area contributed by atoms with Gasteiger partial charge in [0.2, 0.25) is 6.79 Å². The highest BCUT2D eigenvalue weighted by Gasteiger charge is 2.21. The zero-order valence-electron chi connectivity index (χ0n) is 16.1. The first-order valence-electron chi connectivity index (χ1n) is 8.91. The lowest BCUT2D eigenvalue weighted by molar-refractivity contribution is 0.0989. The number of Topliss-reactive ketones (excluding diaryl/α,β-unsaturated/α-hetero) is 1. The Labute approximate surface area is 172 Å². The van der Waals surface area contributed by atoms with Crippen LogP contribution in [0.25, 0.3) is 5.69 Å². The fourth-order valence-corrected chi connectivity index (χ4v) is 3.39. The average Bonchev–Trinajstić information content (AvgIpc) is 3.31. The maximum Gasteiger partial charge on any atom is 0.258 e. The van der Waals surface area contributed by atoms with Crippen molar-refractivity contribution in [3.8, 4) is 17.2 Å². The molecule has 0 saturated heterocycles. The summed E-state index contributed by atoms with van der Waals surface area (Å²) in [5.41, 5.74) is 2.63. The smallest absolute Gasteiger partial charge is 0.258 e. The average molecular weight is 412 g/mol. The SMILES string of the molecule is CC(=O)c1nn(-c2cccc(C(=O)N(C)c3ccc4c(c3)OCO4)c2)c(C)c1Cl. The third-order valence-electron chi connectivity index (χ3n) is 4.76. The normalized spacial score (nSPS) is 12.1. The molecule has 2 aromatic carbocycles. The maximum absolute atomic E-state index is 13.0. The number of ether oxygens (including phenoxy) is 2. The number of benzene rings is 2. The van der Waals surface area contributed by atoms with Crippen LogP contribution in [0.2, 0.25) is 5.02 Å². The van der Waals surface area contributed by atoms with Crippen LogP contribution in [0.15, 0.2) is 42.5 Å². The van der Waals surface area contributed by atoms with Gasteiger partial charge in [0.1, 0.15) is 5.69 Å². The van der Waals surface area contributed by atoms with Crippen LogP contribution >= 0.6 is 11.6 Å². The molecular weight excluding hydrogens is 394 g/mol. The van der Waals surface area contributed by atoms with Crippen molar-refractivity contribution in [1.82, 2.24) is 9.78 Å². The summed E-state index contributed by atoms with van der Waals surface area (Å²) in [4.78, 5) is 26.3. The van der Waals surface area contributed by atoms with Gasteiger partial charge in [-0.3, -0.25) is 9.59 Å². The van der Waals surface area contributed by atoms with Gasteiger partial charge in [0, 0.05) is 31.3 Å². The lowest BCUT2D eigenvalue weighted by Gasteiger charge is -2.18. The van der Waals surface area contributed by atoms with E-state index in [1.165, 1.54) is 11.8 Å². The van der Waals surface area contributed by atoms with Crippen molar-refractivity contribution >= 4 is 29.0 Å². The van der Waals surface area contributed by atoms with Gasteiger partial charge in [-0.2, -0.15) is 5.10 Å². The van der Waals surface area contributed by atoms with Gasteiger partial charge < -0.3 is 14.4 Å². The second kappa shape index (κ2) is 7.25. The molecule has 0 atom stereocenters. The Morgan fingerprint density at radius 2 is 1.90 bits per heavy atom. The van der Waals surface area contributed by atoms with Crippen LogP contribution in [0.3, 0.4) is 0 Å². The van der Waals surface area contributed by atoms with Gasteiger partial charge in [-0.15, -0.1) is 0 Å². The second-order valence-corrected chi connectivity index (χ2v) is 7.05. The molecule has 0 saturated carbocycles. The van der Waals surface area contributed by atoms with Crippen molar-refractivity contribution in [3.63, 3.8) is 0 Å². The first-order valence-corrected chi connectivity index (χ1v) is 9.29. The number of anilines is 1. The number of aromatic nitrogens is 2. The highest BCUT2D eigenvalue weighted by molar-refractivity contribution is 6.34. The third-order valence-corrected chi connectivity index (χ3v) is 5.22. The van der Waals surface area contributed by atoms with Crippen molar-refractivity contribution in [1.29, 1.82) is 0 Å². The molecule has 1 aromatic heterocycles. The number of ketones is 1. The fourth-order valence-electron chi connectivity index (χ4n) is 3.14. The van der Waals surface area contributed by atoms with E-state index in [-0.39, 0.29) is 24.2 Å². The zero-order chi connectivity index (χ0) is 20.7. The number of carbonyl (C=O) groups excluding carboxylic acids is 2. The molecule has 0 radical (unpaired) electrons. The minimum atomic E-state index is -0.216. The van der Waals surface area contributed by atoms with E-state index < -0.39 is 0 Å². The van der Waals surface area contributed by atoms with Crippen LogP contribution in [-0.2, 0) is 0 Å². The predicted octanol–water partition coefficient (Wildman–Crippen LogP) is 4.04. The third kappa shape index (κ3) is 3.34. The molecule has 8 heteroatoms. The van der Waals surface area contributed by atoms with Gasteiger partial charge in [-0.05, 0) is 37.3 Å². The molecular formula is C21H18ClN3O4. The molecule has 1 aliphatic heterocycles. The molecule has 1 aliphatic rings. The summed E-state index contributed by atoms with van der Waals surface area (Å²) in [5, 5.41) is 4.61. The van der Waals surface area contributed by atoms with Crippen molar-refractivity contribution in [3.05, 3.63) is 64.4 Å².